The number of benzene rings is 1. The first-order valence-corrected chi connectivity index (χ1v) is 10.2. The molecule has 0 unspecified atom stereocenters. The molecule has 2 aliphatic heterocycles. The zero-order chi connectivity index (χ0) is 20.4. The maximum absolute atomic E-state index is 12.5. The Balaban J connectivity index is 1.31. The van der Waals surface area contributed by atoms with Crippen molar-refractivity contribution in [1.82, 2.24) is 15.0 Å². The van der Waals surface area contributed by atoms with Crippen molar-refractivity contribution >= 4 is 12.0 Å². The molecule has 0 N–H and O–H groups in total. The topological polar surface area (TPSA) is 75.9 Å². The molecule has 4 rings (SSSR count). The van der Waals surface area contributed by atoms with Gasteiger partial charge in [-0.1, -0.05) is 42.4 Å². The summed E-state index contributed by atoms with van der Waals surface area (Å²) < 4.78 is 11.0. The third-order valence-corrected chi connectivity index (χ3v) is 5.93. The van der Waals surface area contributed by atoms with E-state index in [0.717, 1.165) is 5.69 Å². The summed E-state index contributed by atoms with van der Waals surface area (Å²) in [7, 11) is 0. The number of amides is 2. The summed E-state index contributed by atoms with van der Waals surface area (Å²) in [6, 6.07) is 12.0. The highest BCUT2D eigenvalue weighted by Crippen LogP contribution is 2.34. The first-order valence-electron chi connectivity index (χ1n) is 10.2. The second-order valence-electron chi connectivity index (χ2n) is 8.24. The number of carbonyl (C=O) groups excluding carboxylic acids is 2. The van der Waals surface area contributed by atoms with Crippen LogP contribution in [0.25, 0.3) is 0 Å². The van der Waals surface area contributed by atoms with E-state index in [-0.39, 0.29) is 24.3 Å². The van der Waals surface area contributed by atoms with Crippen LogP contribution in [0.5, 0.6) is 0 Å². The molecule has 0 aliphatic carbocycles. The minimum absolute atomic E-state index is 0.0230. The summed E-state index contributed by atoms with van der Waals surface area (Å²) in [5, 5.41) is 3.83. The lowest BCUT2D eigenvalue weighted by Gasteiger charge is -2.37. The third kappa shape index (κ3) is 4.28. The van der Waals surface area contributed by atoms with Gasteiger partial charge in [0.2, 0.25) is 5.91 Å². The van der Waals surface area contributed by atoms with Crippen LogP contribution in [0.15, 0.2) is 40.9 Å². The number of nitrogens with zero attached hydrogens (tertiary/aromatic N) is 3. The molecule has 29 heavy (non-hydrogen) atoms. The number of aryl methyl sites for hydroxylation is 1. The number of rotatable bonds is 5. The van der Waals surface area contributed by atoms with Crippen LogP contribution in [0.3, 0.4) is 0 Å². The van der Waals surface area contributed by atoms with Gasteiger partial charge in [-0.05, 0) is 18.4 Å². The molecule has 1 spiro atoms. The molecule has 7 nitrogen and oxygen atoms in total. The van der Waals surface area contributed by atoms with Gasteiger partial charge < -0.3 is 19.1 Å². The first kappa shape index (κ1) is 19.5. The minimum atomic E-state index is -0.479. The summed E-state index contributed by atoms with van der Waals surface area (Å²) in [6.45, 7) is 6.36. The maximum Gasteiger partial charge on any atom is 0.410 e. The van der Waals surface area contributed by atoms with E-state index < -0.39 is 5.60 Å². The van der Waals surface area contributed by atoms with E-state index in [2.05, 4.69) is 24.2 Å². The average molecular weight is 397 g/mol. The van der Waals surface area contributed by atoms with E-state index in [1.807, 2.05) is 34.9 Å². The van der Waals surface area contributed by atoms with Crippen LogP contribution in [0.4, 0.5) is 4.79 Å². The zero-order valence-corrected chi connectivity index (χ0v) is 17.0. The summed E-state index contributed by atoms with van der Waals surface area (Å²) in [5.41, 5.74) is 1.50. The lowest BCUT2D eigenvalue weighted by Crippen LogP contribution is -2.49. The molecule has 2 aromatic rings. The Morgan fingerprint density at radius 1 is 1.24 bits per heavy atom. The summed E-state index contributed by atoms with van der Waals surface area (Å²) in [6.07, 6.45) is 1.30. The molecular formula is C22H27N3O4. The Bertz CT molecular complexity index is 871. The van der Waals surface area contributed by atoms with Crippen LogP contribution in [0.1, 0.15) is 42.7 Å². The summed E-state index contributed by atoms with van der Waals surface area (Å²) in [5.74, 6) is 0.849. The van der Waals surface area contributed by atoms with Crippen molar-refractivity contribution in [3.05, 3.63) is 53.4 Å². The smallest absolute Gasteiger partial charge is 0.410 e. The fourth-order valence-corrected chi connectivity index (χ4v) is 4.24. The Morgan fingerprint density at radius 2 is 1.97 bits per heavy atom. The maximum atomic E-state index is 12.5. The van der Waals surface area contributed by atoms with E-state index in [9.17, 15) is 9.59 Å². The second kappa shape index (κ2) is 7.89. The van der Waals surface area contributed by atoms with Crippen molar-refractivity contribution in [3.63, 3.8) is 0 Å². The molecule has 3 heterocycles. The van der Waals surface area contributed by atoms with Crippen LogP contribution >= 0.6 is 0 Å². The van der Waals surface area contributed by atoms with Gasteiger partial charge in [0.05, 0.1) is 18.7 Å². The van der Waals surface area contributed by atoms with Gasteiger partial charge in [0.15, 0.2) is 0 Å². The fourth-order valence-electron chi connectivity index (χ4n) is 4.24. The highest BCUT2D eigenvalue weighted by molar-refractivity contribution is 5.78. The second-order valence-corrected chi connectivity index (χ2v) is 8.24. The Kier molecular flexibility index (Phi) is 5.30. The number of hydrogen-bond donors (Lipinski definition) is 0. The molecule has 1 atom stereocenters. The van der Waals surface area contributed by atoms with Crippen molar-refractivity contribution in [1.29, 1.82) is 0 Å². The molecule has 1 aromatic carbocycles. The van der Waals surface area contributed by atoms with Gasteiger partial charge in [0.1, 0.15) is 11.4 Å². The molecule has 7 heteroatoms. The molecule has 2 fully saturated rings. The van der Waals surface area contributed by atoms with Crippen molar-refractivity contribution in [3.8, 4) is 0 Å². The molecule has 2 amide bonds. The zero-order valence-electron chi connectivity index (χ0n) is 17.0. The van der Waals surface area contributed by atoms with E-state index in [0.29, 0.717) is 44.8 Å². The molecule has 154 valence electrons. The predicted molar refractivity (Wildman–Crippen MR) is 106 cm³/mol. The molecule has 2 saturated heterocycles. The van der Waals surface area contributed by atoms with Gasteiger partial charge in [-0.15, -0.1) is 0 Å². The number of hydrogen-bond acceptors (Lipinski definition) is 5. The number of ether oxygens (including phenoxy) is 1. The Hall–Kier alpha value is -2.83. The van der Waals surface area contributed by atoms with Crippen LogP contribution in [0, 0.1) is 6.92 Å². The van der Waals surface area contributed by atoms with Gasteiger partial charge in [-0.25, -0.2) is 4.79 Å². The average Bonchev–Trinajstić information content (AvgIpc) is 3.25. The molecular weight excluding hydrogens is 370 g/mol. The first-order chi connectivity index (χ1) is 13.9. The Morgan fingerprint density at radius 3 is 2.62 bits per heavy atom. The number of likely N-dealkylation sites (tertiary alicyclic amines) is 1. The number of piperidine rings is 1. The lowest BCUT2D eigenvalue weighted by atomic mass is 9.90. The van der Waals surface area contributed by atoms with Crippen molar-refractivity contribution < 1.29 is 18.8 Å². The van der Waals surface area contributed by atoms with Crippen molar-refractivity contribution in [2.24, 2.45) is 0 Å². The summed E-state index contributed by atoms with van der Waals surface area (Å²) >= 11 is 0. The van der Waals surface area contributed by atoms with E-state index in [1.165, 1.54) is 5.56 Å². The molecule has 0 radical (unpaired) electrons. The van der Waals surface area contributed by atoms with E-state index in [4.69, 9.17) is 9.26 Å². The highest BCUT2D eigenvalue weighted by Gasteiger charge is 2.47. The van der Waals surface area contributed by atoms with Gasteiger partial charge in [-0.3, -0.25) is 4.79 Å². The molecule has 0 saturated carbocycles. The van der Waals surface area contributed by atoms with Crippen molar-refractivity contribution in [2.75, 3.05) is 26.2 Å². The van der Waals surface area contributed by atoms with Gasteiger partial charge in [-0.2, -0.15) is 0 Å². The highest BCUT2D eigenvalue weighted by atomic mass is 16.6. The van der Waals surface area contributed by atoms with E-state index in [1.54, 1.807) is 6.07 Å². The summed E-state index contributed by atoms with van der Waals surface area (Å²) in [4.78, 5) is 28.6. The molecule has 1 aromatic heterocycles. The van der Waals surface area contributed by atoms with E-state index >= 15 is 0 Å². The molecule has 0 bridgehead atoms. The SMILES string of the molecule is Cc1cc(CC(=O)N2CCC3(CC2)CN(C[C@@H](C)c2ccccc2)C(=O)O3)on1. The van der Waals surface area contributed by atoms with Crippen LogP contribution in [-0.2, 0) is 16.0 Å². The Labute approximate surface area is 170 Å². The van der Waals surface area contributed by atoms with Gasteiger partial charge >= 0.3 is 6.09 Å². The number of aromatic nitrogens is 1. The minimum Gasteiger partial charge on any atom is -0.441 e. The van der Waals surface area contributed by atoms with Crippen LogP contribution in [0.2, 0.25) is 0 Å². The van der Waals surface area contributed by atoms with Crippen LogP contribution in [-0.4, -0.2) is 58.7 Å². The van der Waals surface area contributed by atoms with Crippen LogP contribution < -0.4 is 0 Å². The normalized spacial score (nSPS) is 19.4. The third-order valence-electron chi connectivity index (χ3n) is 5.93. The number of carbonyl (C=O) groups is 2. The largest absolute Gasteiger partial charge is 0.441 e. The monoisotopic (exact) mass is 397 g/mol. The predicted octanol–water partition coefficient (Wildman–Crippen LogP) is 3.14. The molecule has 2 aliphatic rings. The van der Waals surface area contributed by atoms with Gasteiger partial charge in [0.25, 0.3) is 0 Å². The lowest BCUT2D eigenvalue weighted by molar-refractivity contribution is -0.134. The van der Waals surface area contributed by atoms with Crippen molar-refractivity contribution in [2.45, 2.75) is 44.6 Å². The fraction of sp³-hybridized carbons (Fsp3) is 0.500. The van der Waals surface area contributed by atoms with Gasteiger partial charge in [0, 0.05) is 38.5 Å². The quantitative estimate of drug-likeness (QED) is 0.775. The standard InChI is InChI=1S/C22H27N3O4/c1-16(18-6-4-3-5-7-18)14-25-15-22(28-21(25)27)8-10-24(11-9-22)20(26)13-19-12-17(2)23-29-19/h3-7,12,16H,8-11,13-15H2,1-2H3/t16-/m1/s1.